The highest BCUT2D eigenvalue weighted by molar-refractivity contribution is 9.11. The lowest BCUT2D eigenvalue weighted by atomic mass is 9.99. The third-order valence-electron chi connectivity index (χ3n) is 4.92. The Morgan fingerprint density at radius 1 is 1.29 bits per heavy atom. The molecule has 4 rings (SSSR count). The summed E-state index contributed by atoms with van der Waals surface area (Å²) in [6.07, 6.45) is 1.92. The predicted molar refractivity (Wildman–Crippen MR) is 112 cm³/mol. The lowest BCUT2D eigenvalue weighted by Crippen LogP contribution is -2.49. The van der Waals surface area contributed by atoms with Gasteiger partial charge in [0.1, 0.15) is 5.75 Å². The van der Waals surface area contributed by atoms with Crippen molar-refractivity contribution >= 4 is 44.9 Å². The number of anilines is 1. The molecular formula is C20H20BrN3O3S. The van der Waals surface area contributed by atoms with Crippen molar-refractivity contribution in [3.8, 4) is 5.75 Å². The van der Waals surface area contributed by atoms with Gasteiger partial charge in [0.05, 0.1) is 28.2 Å². The maximum Gasteiger partial charge on any atom is 0.322 e. The summed E-state index contributed by atoms with van der Waals surface area (Å²) < 4.78 is 6.29. The number of hydrogen-bond donors (Lipinski definition) is 2. The number of ether oxygens (including phenoxy) is 1. The van der Waals surface area contributed by atoms with Gasteiger partial charge in [-0.2, -0.15) is 0 Å². The van der Waals surface area contributed by atoms with Gasteiger partial charge >= 0.3 is 6.03 Å². The first-order valence-electron chi connectivity index (χ1n) is 8.99. The summed E-state index contributed by atoms with van der Waals surface area (Å²) in [5, 5.41) is 5.98. The molecule has 2 heterocycles. The van der Waals surface area contributed by atoms with Gasteiger partial charge in [-0.1, -0.05) is 12.1 Å². The number of nitrogens with zero attached hydrogens (tertiary/aromatic N) is 1. The summed E-state index contributed by atoms with van der Waals surface area (Å²) in [7, 11) is 1.57. The Hall–Kier alpha value is -2.32. The first-order valence-corrected chi connectivity index (χ1v) is 10.6. The first-order chi connectivity index (χ1) is 13.5. The second kappa shape index (κ2) is 7.60. The van der Waals surface area contributed by atoms with Crippen LogP contribution in [0.5, 0.6) is 5.75 Å². The van der Waals surface area contributed by atoms with Gasteiger partial charge in [0, 0.05) is 16.6 Å². The number of halogens is 1. The Labute approximate surface area is 175 Å². The average Bonchev–Trinajstić information content (AvgIpc) is 3.41. The minimum Gasteiger partial charge on any atom is -0.495 e. The number of amides is 3. The first kappa shape index (κ1) is 19.0. The predicted octanol–water partition coefficient (Wildman–Crippen LogP) is 4.66. The number of methoxy groups -OCH3 is 1. The van der Waals surface area contributed by atoms with Gasteiger partial charge in [0.15, 0.2) is 0 Å². The number of allylic oxidation sites excluding steroid dienone is 1. The quantitative estimate of drug-likeness (QED) is 0.679. The van der Waals surface area contributed by atoms with Gasteiger partial charge in [-0.25, -0.2) is 4.79 Å². The second-order valence-electron chi connectivity index (χ2n) is 6.78. The van der Waals surface area contributed by atoms with Crippen LogP contribution in [0.3, 0.4) is 0 Å². The minimum atomic E-state index is -0.492. The molecule has 0 radical (unpaired) electrons. The molecule has 1 atom stereocenters. The summed E-state index contributed by atoms with van der Waals surface area (Å²) in [6.45, 7) is 1.85. The number of nitrogens with one attached hydrogen (secondary N) is 2. The van der Waals surface area contributed by atoms with E-state index in [1.54, 1.807) is 24.1 Å². The molecule has 0 saturated heterocycles. The smallest absolute Gasteiger partial charge is 0.322 e. The monoisotopic (exact) mass is 461 g/mol. The van der Waals surface area contributed by atoms with Crippen LogP contribution in [-0.2, 0) is 4.79 Å². The number of para-hydroxylation sites is 2. The molecule has 1 aliphatic carbocycles. The molecule has 2 aromatic rings. The van der Waals surface area contributed by atoms with Gasteiger partial charge in [0.2, 0.25) is 0 Å². The van der Waals surface area contributed by atoms with Crippen molar-refractivity contribution in [1.29, 1.82) is 0 Å². The standard InChI is InChI=1S/C20H20BrN3O3S/c1-11-17(19(25)22-13-5-3-4-6-14(13)27-2)18(15-9-10-16(21)28-15)23-20(26)24(11)12-7-8-12/h3-6,9-10,12,18H,7-8H2,1-2H3,(H,22,25)(H,23,26)/t18-/m0/s1. The van der Waals surface area contributed by atoms with Crippen molar-refractivity contribution in [2.45, 2.75) is 31.8 Å². The molecule has 3 amide bonds. The van der Waals surface area contributed by atoms with Crippen LogP contribution in [0.4, 0.5) is 10.5 Å². The molecule has 1 aliphatic heterocycles. The van der Waals surface area contributed by atoms with Crippen LogP contribution in [0.25, 0.3) is 0 Å². The zero-order valence-corrected chi connectivity index (χ0v) is 17.9. The van der Waals surface area contributed by atoms with Gasteiger partial charge in [-0.3, -0.25) is 9.69 Å². The summed E-state index contributed by atoms with van der Waals surface area (Å²) >= 11 is 4.97. The van der Waals surface area contributed by atoms with E-state index >= 15 is 0 Å². The Kier molecular flexibility index (Phi) is 5.16. The Morgan fingerprint density at radius 3 is 2.68 bits per heavy atom. The largest absolute Gasteiger partial charge is 0.495 e. The number of carbonyl (C=O) groups is 2. The van der Waals surface area contributed by atoms with Crippen LogP contribution in [0.1, 0.15) is 30.7 Å². The topological polar surface area (TPSA) is 70.7 Å². The van der Waals surface area contributed by atoms with E-state index in [1.807, 2.05) is 31.2 Å². The van der Waals surface area contributed by atoms with E-state index < -0.39 is 6.04 Å². The fourth-order valence-corrected chi connectivity index (χ4v) is 4.94. The maximum absolute atomic E-state index is 13.3. The van der Waals surface area contributed by atoms with E-state index in [-0.39, 0.29) is 18.0 Å². The van der Waals surface area contributed by atoms with E-state index in [0.29, 0.717) is 22.7 Å². The summed E-state index contributed by atoms with van der Waals surface area (Å²) in [6, 6.07) is 10.7. The van der Waals surface area contributed by atoms with E-state index in [0.717, 1.165) is 21.5 Å². The van der Waals surface area contributed by atoms with Crippen LogP contribution in [0.15, 0.2) is 51.5 Å². The number of benzene rings is 1. The van der Waals surface area contributed by atoms with Gasteiger partial charge < -0.3 is 15.4 Å². The number of urea groups is 1. The molecule has 1 aromatic heterocycles. The molecule has 1 aromatic carbocycles. The van der Waals surface area contributed by atoms with Crippen LogP contribution in [0, 0.1) is 0 Å². The zero-order valence-electron chi connectivity index (χ0n) is 15.5. The number of thiophene rings is 1. The molecule has 0 spiro atoms. The molecule has 6 nitrogen and oxygen atoms in total. The molecular weight excluding hydrogens is 442 g/mol. The molecule has 1 fully saturated rings. The lowest BCUT2D eigenvalue weighted by Gasteiger charge is -2.35. The van der Waals surface area contributed by atoms with Crippen LogP contribution >= 0.6 is 27.3 Å². The zero-order chi connectivity index (χ0) is 19.8. The van der Waals surface area contributed by atoms with E-state index in [2.05, 4.69) is 26.6 Å². The summed E-state index contributed by atoms with van der Waals surface area (Å²) in [5.74, 6) is 0.339. The van der Waals surface area contributed by atoms with Crippen molar-refractivity contribution in [2.75, 3.05) is 12.4 Å². The van der Waals surface area contributed by atoms with E-state index in [1.165, 1.54) is 11.3 Å². The molecule has 1 saturated carbocycles. The van der Waals surface area contributed by atoms with Crippen molar-refractivity contribution in [1.82, 2.24) is 10.2 Å². The SMILES string of the molecule is COc1ccccc1NC(=O)C1=C(C)N(C2CC2)C(=O)N[C@H]1c1ccc(Br)s1. The highest BCUT2D eigenvalue weighted by atomic mass is 79.9. The van der Waals surface area contributed by atoms with Crippen molar-refractivity contribution in [3.63, 3.8) is 0 Å². The van der Waals surface area contributed by atoms with Crippen LogP contribution in [0.2, 0.25) is 0 Å². The molecule has 8 heteroatoms. The maximum atomic E-state index is 13.3. The third kappa shape index (κ3) is 3.54. The highest BCUT2D eigenvalue weighted by Gasteiger charge is 2.42. The highest BCUT2D eigenvalue weighted by Crippen LogP contribution is 2.40. The fraction of sp³-hybridized carbons (Fsp3) is 0.300. The van der Waals surface area contributed by atoms with E-state index in [9.17, 15) is 9.59 Å². The summed E-state index contributed by atoms with van der Waals surface area (Å²) in [5.41, 5.74) is 1.84. The van der Waals surface area contributed by atoms with Crippen molar-refractivity contribution in [3.05, 3.63) is 56.3 Å². The van der Waals surface area contributed by atoms with Crippen molar-refractivity contribution in [2.24, 2.45) is 0 Å². The average molecular weight is 462 g/mol. The Morgan fingerprint density at radius 2 is 2.04 bits per heavy atom. The van der Waals surface area contributed by atoms with E-state index in [4.69, 9.17) is 4.74 Å². The molecule has 28 heavy (non-hydrogen) atoms. The molecule has 146 valence electrons. The second-order valence-corrected chi connectivity index (χ2v) is 9.27. The Bertz CT molecular complexity index is 967. The van der Waals surface area contributed by atoms with Gasteiger partial charge in [0.25, 0.3) is 5.91 Å². The molecule has 0 unspecified atom stereocenters. The lowest BCUT2D eigenvalue weighted by molar-refractivity contribution is -0.113. The molecule has 2 aliphatic rings. The minimum absolute atomic E-state index is 0.150. The molecule has 0 bridgehead atoms. The van der Waals surface area contributed by atoms with Crippen LogP contribution in [-0.4, -0.2) is 30.0 Å². The molecule has 2 N–H and O–H groups in total. The van der Waals surface area contributed by atoms with Gasteiger partial charge in [-0.05, 0) is 60.0 Å². The number of hydrogen-bond acceptors (Lipinski definition) is 4. The Balaban J connectivity index is 1.73. The van der Waals surface area contributed by atoms with Crippen LogP contribution < -0.4 is 15.4 Å². The normalized spacial score (nSPS) is 19.5. The van der Waals surface area contributed by atoms with Crippen molar-refractivity contribution < 1.29 is 14.3 Å². The number of rotatable bonds is 5. The number of carbonyl (C=O) groups excluding carboxylic acids is 2. The fourth-order valence-electron chi connectivity index (χ4n) is 3.46. The summed E-state index contributed by atoms with van der Waals surface area (Å²) in [4.78, 5) is 28.7. The third-order valence-corrected chi connectivity index (χ3v) is 6.61. The van der Waals surface area contributed by atoms with Gasteiger partial charge in [-0.15, -0.1) is 11.3 Å².